The predicted octanol–water partition coefficient (Wildman–Crippen LogP) is 3.82. The van der Waals surface area contributed by atoms with Crippen molar-refractivity contribution in [3.8, 4) is 0 Å². The Morgan fingerprint density at radius 2 is 1.95 bits per heavy atom. The first kappa shape index (κ1) is 14.3. The van der Waals surface area contributed by atoms with Crippen LogP contribution in [0.2, 0.25) is 0 Å². The second kappa shape index (κ2) is 5.90. The van der Waals surface area contributed by atoms with Gasteiger partial charge in [0.2, 0.25) is 0 Å². The van der Waals surface area contributed by atoms with Crippen molar-refractivity contribution in [2.24, 2.45) is 5.73 Å². The Bertz CT molecular complexity index is 600. The Labute approximate surface area is 127 Å². The predicted molar refractivity (Wildman–Crippen MR) is 81.1 cm³/mol. The largest absolute Gasteiger partial charge is 0.455 e. The number of anilines is 1. The molecule has 19 heavy (non-hydrogen) atoms. The number of benzene rings is 1. The van der Waals surface area contributed by atoms with Crippen LogP contribution in [-0.2, 0) is 6.54 Å². The maximum absolute atomic E-state index is 12.0. The van der Waals surface area contributed by atoms with Gasteiger partial charge in [-0.3, -0.25) is 4.79 Å². The van der Waals surface area contributed by atoms with Crippen LogP contribution >= 0.6 is 31.9 Å². The third-order valence-corrected chi connectivity index (χ3v) is 3.76. The number of hydrogen-bond acceptors (Lipinski definition) is 3. The number of nitrogens with one attached hydrogen (secondary N) is 1. The van der Waals surface area contributed by atoms with Crippen LogP contribution in [0, 0.1) is 6.92 Å². The number of furan rings is 1. The number of aryl methyl sites for hydroxylation is 1. The van der Waals surface area contributed by atoms with Gasteiger partial charge in [0, 0.05) is 8.95 Å². The van der Waals surface area contributed by atoms with Crippen LogP contribution in [0.1, 0.15) is 21.9 Å². The van der Waals surface area contributed by atoms with E-state index < -0.39 is 0 Å². The molecule has 100 valence electrons. The molecule has 0 spiro atoms. The molecule has 0 saturated heterocycles. The summed E-state index contributed by atoms with van der Waals surface area (Å²) < 4.78 is 6.91. The zero-order chi connectivity index (χ0) is 14.0. The Balaban J connectivity index is 2.24. The smallest absolute Gasteiger partial charge is 0.291 e. The molecular weight excluding hydrogens is 376 g/mol. The van der Waals surface area contributed by atoms with Gasteiger partial charge in [-0.05, 0) is 68.6 Å². The van der Waals surface area contributed by atoms with Gasteiger partial charge in [-0.1, -0.05) is 0 Å². The van der Waals surface area contributed by atoms with Crippen LogP contribution in [-0.4, -0.2) is 5.91 Å². The number of amides is 1. The molecule has 6 heteroatoms. The first-order valence-electron chi connectivity index (χ1n) is 5.57. The highest BCUT2D eigenvalue weighted by molar-refractivity contribution is 9.11. The van der Waals surface area contributed by atoms with Crippen LogP contribution in [0.25, 0.3) is 0 Å². The first-order valence-corrected chi connectivity index (χ1v) is 7.15. The Morgan fingerprint density at radius 3 is 2.47 bits per heavy atom. The molecule has 1 heterocycles. The van der Waals surface area contributed by atoms with Gasteiger partial charge in [0.05, 0.1) is 12.2 Å². The zero-order valence-electron chi connectivity index (χ0n) is 10.2. The number of carbonyl (C=O) groups excluding carboxylic acids is 1. The van der Waals surface area contributed by atoms with E-state index in [1.165, 1.54) is 0 Å². The molecule has 1 amide bonds. The van der Waals surface area contributed by atoms with E-state index >= 15 is 0 Å². The van der Waals surface area contributed by atoms with Gasteiger partial charge in [-0.2, -0.15) is 0 Å². The number of rotatable bonds is 3. The van der Waals surface area contributed by atoms with Gasteiger partial charge < -0.3 is 15.5 Å². The Kier molecular flexibility index (Phi) is 4.44. The fraction of sp³-hybridized carbons (Fsp3) is 0.154. The van der Waals surface area contributed by atoms with Crippen LogP contribution in [0.5, 0.6) is 0 Å². The minimum Gasteiger partial charge on any atom is -0.455 e. The summed E-state index contributed by atoms with van der Waals surface area (Å²) >= 11 is 6.85. The monoisotopic (exact) mass is 386 g/mol. The number of halogens is 2. The quantitative estimate of drug-likeness (QED) is 0.840. The SMILES string of the molecule is Cc1cc(Br)c(NC(=O)c2ccc(CN)o2)c(Br)c1. The van der Waals surface area contributed by atoms with Crippen molar-refractivity contribution in [2.45, 2.75) is 13.5 Å². The highest BCUT2D eigenvalue weighted by atomic mass is 79.9. The minimum atomic E-state index is -0.315. The molecule has 4 nitrogen and oxygen atoms in total. The second-order valence-electron chi connectivity index (χ2n) is 4.03. The third-order valence-electron chi connectivity index (χ3n) is 2.51. The fourth-order valence-electron chi connectivity index (χ4n) is 1.60. The minimum absolute atomic E-state index is 0.236. The van der Waals surface area contributed by atoms with Crippen LogP contribution in [0.15, 0.2) is 37.6 Å². The zero-order valence-corrected chi connectivity index (χ0v) is 13.3. The average Bonchev–Trinajstić information content (AvgIpc) is 2.82. The molecule has 0 bridgehead atoms. The number of carbonyl (C=O) groups is 1. The summed E-state index contributed by atoms with van der Waals surface area (Å²) in [5.74, 6) is 0.497. The number of nitrogens with two attached hydrogens (primary N) is 1. The molecule has 1 aromatic heterocycles. The average molecular weight is 388 g/mol. The summed E-state index contributed by atoms with van der Waals surface area (Å²) in [6, 6.07) is 7.14. The normalized spacial score (nSPS) is 10.5. The van der Waals surface area contributed by atoms with E-state index in [1.54, 1.807) is 12.1 Å². The maximum atomic E-state index is 12.0. The lowest BCUT2D eigenvalue weighted by Gasteiger charge is -2.09. The standard InChI is InChI=1S/C13H12Br2N2O2/c1-7-4-9(14)12(10(15)5-7)17-13(18)11-3-2-8(6-16)19-11/h2-5H,6,16H2,1H3,(H,17,18). The fourth-order valence-corrected chi connectivity index (χ4v) is 3.22. The molecular formula is C13H12Br2N2O2. The van der Waals surface area contributed by atoms with Crippen LogP contribution in [0.4, 0.5) is 5.69 Å². The van der Waals surface area contributed by atoms with Gasteiger partial charge in [0.25, 0.3) is 5.91 Å². The maximum Gasteiger partial charge on any atom is 0.291 e. The molecule has 0 fully saturated rings. The van der Waals surface area contributed by atoms with Crippen molar-refractivity contribution in [1.29, 1.82) is 0 Å². The van der Waals surface area contributed by atoms with Crippen molar-refractivity contribution in [2.75, 3.05) is 5.32 Å². The van der Waals surface area contributed by atoms with Gasteiger partial charge in [-0.25, -0.2) is 0 Å². The second-order valence-corrected chi connectivity index (χ2v) is 5.74. The topological polar surface area (TPSA) is 68.3 Å². The van der Waals surface area contributed by atoms with Gasteiger partial charge in [0.15, 0.2) is 5.76 Å². The van der Waals surface area contributed by atoms with Crippen LogP contribution < -0.4 is 11.1 Å². The lowest BCUT2D eigenvalue weighted by molar-refractivity contribution is 0.0995. The van der Waals surface area contributed by atoms with E-state index in [9.17, 15) is 4.79 Å². The molecule has 0 saturated carbocycles. The molecule has 0 atom stereocenters. The summed E-state index contributed by atoms with van der Waals surface area (Å²) in [4.78, 5) is 12.0. The summed E-state index contributed by atoms with van der Waals surface area (Å²) in [7, 11) is 0. The lowest BCUT2D eigenvalue weighted by atomic mass is 10.2. The van der Waals surface area contributed by atoms with E-state index in [0.29, 0.717) is 11.4 Å². The van der Waals surface area contributed by atoms with E-state index in [1.807, 2.05) is 19.1 Å². The van der Waals surface area contributed by atoms with E-state index in [4.69, 9.17) is 10.2 Å². The molecule has 0 radical (unpaired) electrons. The molecule has 3 N–H and O–H groups in total. The molecule has 2 aromatic rings. The van der Waals surface area contributed by atoms with Crippen molar-refractivity contribution in [1.82, 2.24) is 0 Å². The van der Waals surface area contributed by atoms with Gasteiger partial charge in [-0.15, -0.1) is 0 Å². The van der Waals surface area contributed by atoms with Crippen molar-refractivity contribution >= 4 is 43.5 Å². The van der Waals surface area contributed by atoms with E-state index in [0.717, 1.165) is 14.5 Å². The third kappa shape index (κ3) is 3.26. The highest BCUT2D eigenvalue weighted by Crippen LogP contribution is 2.32. The van der Waals surface area contributed by atoms with E-state index in [-0.39, 0.29) is 18.2 Å². The van der Waals surface area contributed by atoms with Gasteiger partial charge >= 0.3 is 0 Å². The molecule has 0 aliphatic heterocycles. The highest BCUT2D eigenvalue weighted by Gasteiger charge is 2.14. The summed E-state index contributed by atoms with van der Waals surface area (Å²) in [5.41, 5.74) is 7.19. The Morgan fingerprint density at radius 1 is 1.32 bits per heavy atom. The molecule has 1 aromatic carbocycles. The van der Waals surface area contributed by atoms with Crippen molar-refractivity contribution in [3.05, 3.63) is 50.3 Å². The molecule has 0 aliphatic rings. The summed E-state index contributed by atoms with van der Waals surface area (Å²) in [6.45, 7) is 2.24. The molecule has 2 rings (SSSR count). The first-order chi connectivity index (χ1) is 9.01. The van der Waals surface area contributed by atoms with Crippen molar-refractivity contribution < 1.29 is 9.21 Å². The summed E-state index contributed by atoms with van der Waals surface area (Å²) in [6.07, 6.45) is 0. The van der Waals surface area contributed by atoms with Crippen LogP contribution in [0.3, 0.4) is 0 Å². The lowest BCUT2D eigenvalue weighted by Crippen LogP contribution is -2.12. The van der Waals surface area contributed by atoms with Crippen molar-refractivity contribution in [3.63, 3.8) is 0 Å². The summed E-state index contributed by atoms with van der Waals surface area (Å²) in [5, 5.41) is 2.79. The van der Waals surface area contributed by atoms with Gasteiger partial charge in [0.1, 0.15) is 5.76 Å². The van der Waals surface area contributed by atoms with E-state index in [2.05, 4.69) is 37.2 Å². The molecule has 0 unspecified atom stereocenters. The molecule has 0 aliphatic carbocycles. The Hall–Kier alpha value is -1.11. The number of hydrogen-bond donors (Lipinski definition) is 2.